The number of benzene rings is 1. The zero-order valence-corrected chi connectivity index (χ0v) is 13.1. The van der Waals surface area contributed by atoms with E-state index in [2.05, 4.69) is 22.8 Å². The number of carbonyl (C=O) groups is 1. The minimum absolute atomic E-state index is 0.0737. The summed E-state index contributed by atoms with van der Waals surface area (Å²) in [4.78, 5) is 12.2. The fraction of sp³-hybridized carbons (Fsp3) is 0.500. The molecule has 1 saturated carbocycles. The summed E-state index contributed by atoms with van der Waals surface area (Å²) in [6.07, 6.45) is 8.65. The smallest absolute Gasteiger partial charge is 0.241 e. The first kappa shape index (κ1) is 15.1. The normalized spacial score (nSPS) is 22.7. The van der Waals surface area contributed by atoms with Crippen LogP contribution >= 0.6 is 0 Å². The van der Waals surface area contributed by atoms with Crippen molar-refractivity contribution in [1.82, 2.24) is 10.6 Å². The molecule has 1 atom stereocenters. The van der Waals surface area contributed by atoms with Gasteiger partial charge >= 0.3 is 0 Å². The van der Waals surface area contributed by atoms with Crippen LogP contribution in [0.3, 0.4) is 0 Å². The van der Waals surface area contributed by atoms with Crippen LogP contribution in [0.4, 0.5) is 0 Å². The van der Waals surface area contributed by atoms with Crippen LogP contribution in [0.5, 0.6) is 5.75 Å². The van der Waals surface area contributed by atoms with Crippen molar-refractivity contribution >= 4 is 5.91 Å². The number of carbonyl (C=O) groups excluding carboxylic acids is 1. The minimum atomic E-state index is -0.172. The lowest BCUT2D eigenvalue weighted by Gasteiger charge is -2.30. The number of ether oxygens (including phenoxy) is 1. The van der Waals surface area contributed by atoms with Crippen molar-refractivity contribution < 1.29 is 9.53 Å². The van der Waals surface area contributed by atoms with Crippen LogP contribution < -0.4 is 15.4 Å². The molecule has 0 radical (unpaired) electrons. The summed E-state index contributed by atoms with van der Waals surface area (Å²) < 4.78 is 5.24. The van der Waals surface area contributed by atoms with Crippen LogP contribution in [0.15, 0.2) is 36.4 Å². The largest absolute Gasteiger partial charge is 0.497 e. The first-order valence-corrected chi connectivity index (χ1v) is 8.06. The zero-order valence-electron chi connectivity index (χ0n) is 13.1. The van der Waals surface area contributed by atoms with Crippen molar-refractivity contribution in [3.63, 3.8) is 0 Å². The van der Waals surface area contributed by atoms with Crippen molar-refractivity contribution in [2.24, 2.45) is 0 Å². The summed E-state index contributed by atoms with van der Waals surface area (Å²) in [7, 11) is 1.68. The number of hydrogen-bond acceptors (Lipinski definition) is 3. The molecule has 2 N–H and O–H groups in total. The van der Waals surface area contributed by atoms with Crippen LogP contribution in [0, 0.1) is 0 Å². The first-order chi connectivity index (χ1) is 10.7. The molecule has 0 saturated heterocycles. The van der Waals surface area contributed by atoms with E-state index in [4.69, 9.17) is 4.74 Å². The number of rotatable bonds is 5. The second kappa shape index (κ2) is 6.53. The predicted octanol–water partition coefficient (Wildman–Crippen LogP) is 2.15. The lowest BCUT2D eigenvalue weighted by Crippen LogP contribution is -2.46. The van der Waals surface area contributed by atoms with Gasteiger partial charge in [0.1, 0.15) is 11.8 Å². The average molecular weight is 300 g/mol. The van der Waals surface area contributed by atoms with E-state index >= 15 is 0 Å². The third kappa shape index (κ3) is 3.02. The third-order valence-corrected chi connectivity index (χ3v) is 4.93. The molecule has 4 heteroatoms. The van der Waals surface area contributed by atoms with Crippen molar-refractivity contribution in [3.8, 4) is 5.75 Å². The van der Waals surface area contributed by atoms with Crippen LogP contribution in [0.2, 0.25) is 0 Å². The highest BCUT2D eigenvalue weighted by Gasteiger charge is 2.36. The van der Waals surface area contributed by atoms with E-state index in [-0.39, 0.29) is 17.4 Å². The highest BCUT2D eigenvalue weighted by Crippen LogP contribution is 2.41. The van der Waals surface area contributed by atoms with E-state index in [1.807, 2.05) is 24.3 Å². The lowest BCUT2D eigenvalue weighted by atomic mass is 9.78. The summed E-state index contributed by atoms with van der Waals surface area (Å²) in [5, 5.41) is 6.31. The zero-order chi connectivity index (χ0) is 15.4. The van der Waals surface area contributed by atoms with Crippen LogP contribution in [0.25, 0.3) is 0 Å². The maximum absolute atomic E-state index is 12.2. The molecule has 4 nitrogen and oxygen atoms in total. The molecule has 3 rings (SSSR count). The average Bonchev–Trinajstić information content (AvgIpc) is 3.25. The van der Waals surface area contributed by atoms with E-state index in [1.165, 1.54) is 18.4 Å². The second-order valence-corrected chi connectivity index (χ2v) is 6.25. The predicted molar refractivity (Wildman–Crippen MR) is 87.1 cm³/mol. The Morgan fingerprint density at radius 2 is 2.05 bits per heavy atom. The number of hydrogen-bond donors (Lipinski definition) is 2. The SMILES string of the molecule is COc1ccc(C2(CNC(=O)C3C=CCN3)CCCC2)cc1. The molecule has 0 spiro atoms. The highest BCUT2D eigenvalue weighted by molar-refractivity contribution is 5.84. The van der Waals surface area contributed by atoms with Gasteiger partial charge in [0.15, 0.2) is 0 Å². The molecule has 1 unspecified atom stereocenters. The van der Waals surface area contributed by atoms with Gasteiger partial charge in [0, 0.05) is 18.5 Å². The molecule has 1 fully saturated rings. The Kier molecular flexibility index (Phi) is 4.48. The minimum Gasteiger partial charge on any atom is -0.497 e. The summed E-state index contributed by atoms with van der Waals surface area (Å²) in [5.41, 5.74) is 1.38. The van der Waals surface area contributed by atoms with Crippen molar-refractivity contribution in [3.05, 3.63) is 42.0 Å². The van der Waals surface area contributed by atoms with Crippen molar-refractivity contribution in [1.29, 1.82) is 0 Å². The van der Waals surface area contributed by atoms with Crippen molar-refractivity contribution in [2.75, 3.05) is 20.2 Å². The number of methoxy groups -OCH3 is 1. The van der Waals surface area contributed by atoms with Crippen LogP contribution in [0.1, 0.15) is 31.2 Å². The van der Waals surface area contributed by atoms with Gasteiger partial charge in [-0.3, -0.25) is 10.1 Å². The van der Waals surface area contributed by atoms with Gasteiger partial charge in [-0.1, -0.05) is 37.1 Å². The molecule has 118 valence electrons. The van der Waals surface area contributed by atoms with Gasteiger partial charge in [0.25, 0.3) is 0 Å². The number of amides is 1. The van der Waals surface area contributed by atoms with Crippen LogP contribution in [-0.2, 0) is 10.2 Å². The molecule has 2 aliphatic rings. The molecule has 0 aromatic heterocycles. The molecule has 22 heavy (non-hydrogen) atoms. The van der Waals surface area contributed by atoms with Gasteiger partial charge in [-0.25, -0.2) is 0 Å². The van der Waals surface area contributed by atoms with Crippen molar-refractivity contribution in [2.45, 2.75) is 37.1 Å². The van der Waals surface area contributed by atoms with Crippen LogP contribution in [-0.4, -0.2) is 32.1 Å². The molecule has 1 aliphatic carbocycles. The Morgan fingerprint density at radius 3 is 2.64 bits per heavy atom. The third-order valence-electron chi connectivity index (χ3n) is 4.93. The molecular formula is C18H24N2O2. The Balaban J connectivity index is 1.70. The molecule has 1 amide bonds. The standard InChI is InChI=1S/C18H24N2O2/c1-22-15-8-6-14(7-9-15)18(10-2-3-11-18)13-20-17(21)16-5-4-12-19-16/h4-9,16,19H,2-3,10-13H2,1H3,(H,20,21). The Labute approximate surface area is 131 Å². The maximum atomic E-state index is 12.2. The van der Waals surface area contributed by atoms with Gasteiger partial charge in [-0.15, -0.1) is 0 Å². The maximum Gasteiger partial charge on any atom is 0.241 e. The molecule has 1 aliphatic heterocycles. The molecule has 1 aromatic carbocycles. The van der Waals surface area contributed by atoms with E-state index in [0.717, 1.165) is 25.1 Å². The Bertz CT molecular complexity index is 545. The van der Waals surface area contributed by atoms with Gasteiger partial charge in [-0.2, -0.15) is 0 Å². The highest BCUT2D eigenvalue weighted by atomic mass is 16.5. The van der Waals surface area contributed by atoms with E-state index in [0.29, 0.717) is 6.54 Å². The lowest BCUT2D eigenvalue weighted by molar-refractivity contribution is -0.122. The Hall–Kier alpha value is -1.81. The fourth-order valence-corrected chi connectivity index (χ4v) is 3.58. The summed E-state index contributed by atoms with van der Waals surface area (Å²) in [5.74, 6) is 0.953. The van der Waals surface area contributed by atoms with Gasteiger partial charge in [0.05, 0.1) is 7.11 Å². The molecular weight excluding hydrogens is 276 g/mol. The number of nitrogens with one attached hydrogen (secondary N) is 2. The second-order valence-electron chi connectivity index (χ2n) is 6.25. The summed E-state index contributed by atoms with van der Waals surface area (Å²) >= 11 is 0. The van der Waals surface area contributed by atoms with Gasteiger partial charge < -0.3 is 10.1 Å². The molecule has 0 bridgehead atoms. The van der Waals surface area contributed by atoms with Gasteiger partial charge in [0.2, 0.25) is 5.91 Å². The van der Waals surface area contributed by atoms with E-state index in [9.17, 15) is 4.79 Å². The Morgan fingerprint density at radius 1 is 1.32 bits per heavy atom. The monoisotopic (exact) mass is 300 g/mol. The fourth-order valence-electron chi connectivity index (χ4n) is 3.58. The molecule has 1 aromatic rings. The summed E-state index contributed by atoms with van der Waals surface area (Å²) in [6, 6.07) is 8.14. The van der Waals surface area contributed by atoms with E-state index < -0.39 is 0 Å². The first-order valence-electron chi connectivity index (χ1n) is 8.06. The topological polar surface area (TPSA) is 50.4 Å². The quantitative estimate of drug-likeness (QED) is 0.819. The van der Waals surface area contributed by atoms with Gasteiger partial charge in [-0.05, 0) is 30.5 Å². The summed E-state index contributed by atoms with van der Waals surface area (Å²) in [6.45, 7) is 1.49. The molecule has 1 heterocycles. The van der Waals surface area contributed by atoms with E-state index in [1.54, 1.807) is 7.11 Å².